The summed E-state index contributed by atoms with van der Waals surface area (Å²) in [7, 11) is 1.57. The molecule has 0 saturated heterocycles. The molecule has 10 nitrogen and oxygen atoms in total. The van der Waals surface area contributed by atoms with Gasteiger partial charge in [0, 0.05) is 25.9 Å². The van der Waals surface area contributed by atoms with E-state index in [1.807, 2.05) is 0 Å². The second-order valence-corrected chi connectivity index (χ2v) is 5.55. The zero-order valence-corrected chi connectivity index (χ0v) is 13.8. The van der Waals surface area contributed by atoms with Crippen LogP contribution in [-0.4, -0.2) is 46.4 Å². The predicted molar refractivity (Wildman–Crippen MR) is 88.5 cm³/mol. The molecule has 0 unspecified atom stereocenters. The van der Waals surface area contributed by atoms with E-state index in [9.17, 15) is 4.79 Å². The Bertz CT molecular complexity index is 1110. The highest BCUT2D eigenvalue weighted by molar-refractivity contribution is 5.78. The van der Waals surface area contributed by atoms with Crippen LogP contribution in [0, 0.1) is 0 Å². The average molecular weight is 340 g/mol. The summed E-state index contributed by atoms with van der Waals surface area (Å²) in [6.07, 6.45) is 4.84. The molecule has 0 saturated carbocycles. The summed E-state index contributed by atoms with van der Waals surface area (Å²) in [6.45, 7) is 2.33. The van der Waals surface area contributed by atoms with Crippen molar-refractivity contribution in [2.45, 2.75) is 26.4 Å². The van der Waals surface area contributed by atoms with Gasteiger partial charge in [-0.25, -0.2) is 9.55 Å². The number of hydrogen-bond acceptors (Lipinski definition) is 7. The lowest BCUT2D eigenvalue weighted by Crippen LogP contribution is -2.20. The molecule has 0 aliphatic carbocycles. The van der Waals surface area contributed by atoms with Crippen LogP contribution in [0.25, 0.3) is 22.6 Å². The van der Waals surface area contributed by atoms with Crippen molar-refractivity contribution in [2.75, 3.05) is 7.11 Å². The van der Waals surface area contributed by atoms with Gasteiger partial charge >= 0.3 is 0 Å². The Hall–Kier alpha value is -3.14. The van der Waals surface area contributed by atoms with Crippen molar-refractivity contribution in [3.8, 4) is 5.95 Å². The van der Waals surface area contributed by atoms with E-state index in [1.54, 1.807) is 19.4 Å². The van der Waals surface area contributed by atoms with E-state index in [0.29, 0.717) is 28.5 Å². The van der Waals surface area contributed by atoms with Gasteiger partial charge in [-0.05, 0) is 12.5 Å². The third-order valence-corrected chi connectivity index (χ3v) is 3.77. The molecule has 0 aliphatic heterocycles. The molecule has 1 N–H and O–H groups in total. The van der Waals surface area contributed by atoms with Crippen LogP contribution in [0.3, 0.4) is 0 Å². The van der Waals surface area contributed by atoms with E-state index in [1.165, 1.54) is 15.3 Å². The monoisotopic (exact) mass is 340 g/mol. The Morgan fingerprint density at radius 3 is 3.00 bits per heavy atom. The Morgan fingerprint density at radius 1 is 1.32 bits per heavy atom. The number of aromatic amines is 1. The molecule has 25 heavy (non-hydrogen) atoms. The van der Waals surface area contributed by atoms with Gasteiger partial charge in [0.1, 0.15) is 12.4 Å². The van der Waals surface area contributed by atoms with Gasteiger partial charge in [0.25, 0.3) is 17.3 Å². The molecule has 0 fully saturated rings. The number of aromatic nitrogens is 8. The summed E-state index contributed by atoms with van der Waals surface area (Å²) in [5.74, 6) is 1.98. The van der Waals surface area contributed by atoms with E-state index >= 15 is 0 Å². The third kappa shape index (κ3) is 2.56. The first kappa shape index (κ1) is 15.4. The fourth-order valence-electron chi connectivity index (χ4n) is 2.65. The minimum atomic E-state index is -0.266. The highest BCUT2D eigenvalue weighted by Crippen LogP contribution is 2.12. The number of ether oxygens (including phenoxy) is 1. The lowest BCUT2D eigenvalue weighted by molar-refractivity contribution is 0.178. The standard InChI is InChI=1S/C15H16N8O2/c1-3-4-11-17-15(20-19-11)22-6-5-10-9(13(22)24)7-16-14-18-12(8-25-2)21-23(10)14/h5-7H,3-4,8H2,1-2H3,(H,17,19,20). The Balaban J connectivity index is 1.87. The Kier molecular flexibility index (Phi) is 3.73. The summed E-state index contributed by atoms with van der Waals surface area (Å²) in [5, 5.41) is 11.7. The van der Waals surface area contributed by atoms with E-state index in [-0.39, 0.29) is 12.2 Å². The first-order valence-electron chi connectivity index (χ1n) is 7.88. The molecule has 10 heteroatoms. The third-order valence-electron chi connectivity index (χ3n) is 3.77. The molecular formula is C15H16N8O2. The summed E-state index contributed by atoms with van der Waals surface area (Å²) < 4.78 is 7.97. The van der Waals surface area contributed by atoms with Gasteiger partial charge in [-0.2, -0.15) is 14.5 Å². The largest absolute Gasteiger partial charge is 0.377 e. The van der Waals surface area contributed by atoms with Crippen LogP contribution in [-0.2, 0) is 17.8 Å². The van der Waals surface area contributed by atoms with Crippen LogP contribution in [0.5, 0.6) is 0 Å². The SMILES string of the molecule is CCCc1nc(-n2ccc3c(cnc4nc(COC)nn43)c2=O)n[nH]1. The number of nitrogens with one attached hydrogen (secondary N) is 1. The molecule has 0 aliphatic rings. The van der Waals surface area contributed by atoms with E-state index in [0.717, 1.165) is 18.7 Å². The van der Waals surface area contributed by atoms with Crippen LogP contribution in [0.15, 0.2) is 23.3 Å². The van der Waals surface area contributed by atoms with Crippen molar-refractivity contribution in [1.82, 2.24) is 39.3 Å². The highest BCUT2D eigenvalue weighted by Gasteiger charge is 2.13. The normalized spacial score (nSPS) is 11.6. The molecule has 0 atom stereocenters. The summed E-state index contributed by atoms with van der Waals surface area (Å²) in [4.78, 5) is 25.6. The lowest BCUT2D eigenvalue weighted by Gasteiger charge is -2.03. The lowest BCUT2D eigenvalue weighted by atomic mass is 10.3. The first-order valence-corrected chi connectivity index (χ1v) is 7.88. The number of rotatable bonds is 5. The average Bonchev–Trinajstić information content (AvgIpc) is 3.22. The van der Waals surface area contributed by atoms with Gasteiger partial charge in [-0.1, -0.05) is 6.92 Å². The van der Waals surface area contributed by atoms with Crippen LogP contribution >= 0.6 is 0 Å². The summed E-state index contributed by atoms with van der Waals surface area (Å²) in [6, 6.07) is 1.77. The van der Waals surface area contributed by atoms with Crippen molar-refractivity contribution in [2.24, 2.45) is 0 Å². The zero-order valence-electron chi connectivity index (χ0n) is 13.8. The zero-order chi connectivity index (χ0) is 17.4. The summed E-state index contributed by atoms with van der Waals surface area (Å²) >= 11 is 0. The molecule has 4 rings (SSSR count). The quantitative estimate of drug-likeness (QED) is 0.567. The first-order chi connectivity index (χ1) is 12.2. The van der Waals surface area contributed by atoms with Crippen LogP contribution < -0.4 is 5.56 Å². The number of fused-ring (bicyclic) bond motifs is 3. The molecule has 0 bridgehead atoms. The highest BCUT2D eigenvalue weighted by atomic mass is 16.5. The maximum absolute atomic E-state index is 12.8. The van der Waals surface area contributed by atoms with E-state index in [4.69, 9.17) is 4.74 Å². The van der Waals surface area contributed by atoms with E-state index in [2.05, 4.69) is 37.2 Å². The Morgan fingerprint density at radius 2 is 2.20 bits per heavy atom. The van der Waals surface area contributed by atoms with Crippen molar-refractivity contribution in [3.05, 3.63) is 40.5 Å². The molecule has 4 aromatic rings. The maximum Gasteiger partial charge on any atom is 0.268 e. The molecule has 128 valence electrons. The number of aryl methyl sites for hydroxylation is 1. The minimum Gasteiger partial charge on any atom is -0.377 e. The molecule has 0 radical (unpaired) electrons. The van der Waals surface area contributed by atoms with Crippen LogP contribution in [0.1, 0.15) is 25.0 Å². The maximum atomic E-state index is 12.8. The topological polar surface area (TPSA) is 116 Å². The minimum absolute atomic E-state index is 0.266. The molecule has 4 aromatic heterocycles. The number of pyridine rings is 1. The van der Waals surface area contributed by atoms with Gasteiger partial charge < -0.3 is 4.74 Å². The second kappa shape index (κ2) is 6.06. The van der Waals surface area contributed by atoms with Crippen molar-refractivity contribution in [3.63, 3.8) is 0 Å². The number of methoxy groups -OCH3 is 1. The fourth-order valence-corrected chi connectivity index (χ4v) is 2.65. The van der Waals surface area contributed by atoms with Gasteiger partial charge in [0.05, 0.1) is 10.9 Å². The number of H-pyrrole nitrogens is 1. The summed E-state index contributed by atoms with van der Waals surface area (Å²) in [5.41, 5.74) is 0.350. The second-order valence-electron chi connectivity index (χ2n) is 5.55. The molecule has 0 aromatic carbocycles. The van der Waals surface area contributed by atoms with Gasteiger partial charge in [0.2, 0.25) is 0 Å². The van der Waals surface area contributed by atoms with Gasteiger partial charge in [0.15, 0.2) is 5.82 Å². The number of nitrogens with zero attached hydrogens (tertiary/aromatic N) is 7. The molecule has 0 spiro atoms. The van der Waals surface area contributed by atoms with Crippen molar-refractivity contribution in [1.29, 1.82) is 0 Å². The van der Waals surface area contributed by atoms with Crippen LogP contribution in [0.2, 0.25) is 0 Å². The predicted octanol–water partition coefficient (Wildman–Crippen LogP) is 0.645. The smallest absolute Gasteiger partial charge is 0.268 e. The van der Waals surface area contributed by atoms with E-state index < -0.39 is 0 Å². The van der Waals surface area contributed by atoms with Crippen molar-refractivity contribution < 1.29 is 4.74 Å². The number of hydrogen-bond donors (Lipinski definition) is 1. The molecule has 0 amide bonds. The van der Waals surface area contributed by atoms with Gasteiger partial charge in [-0.3, -0.25) is 9.89 Å². The fraction of sp³-hybridized carbons (Fsp3) is 0.333. The molecule has 4 heterocycles. The van der Waals surface area contributed by atoms with Gasteiger partial charge in [-0.15, -0.1) is 10.2 Å². The van der Waals surface area contributed by atoms with Crippen LogP contribution in [0.4, 0.5) is 0 Å². The van der Waals surface area contributed by atoms with Crippen molar-refractivity contribution >= 4 is 16.7 Å². The molecular weight excluding hydrogens is 324 g/mol. The Labute approximate surface area is 141 Å².